The molecular formula is C24H21BrN6O2S. The number of hydrazone groups is 1. The van der Waals surface area contributed by atoms with Crippen molar-refractivity contribution in [2.45, 2.75) is 12.1 Å². The SMILES string of the molecule is COc1ccc(Br)cc1/C=N/NC(=O)CSc1nnc(-c2ccncc2)n1-c1ccc(C)cc1. The molecule has 0 unspecified atom stereocenters. The molecule has 4 aromatic rings. The van der Waals surface area contributed by atoms with Gasteiger partial charge in [0.05, 0.1) is 19.1 Å². The number of nitrogens with one attached hydrogen (secondary N) is 1. The molecule has 1 amide bonds. The fourth-order valence-corrected chi connectivity index (χ4v) is 4.24. The number of aromatic nitrogens is 4. The van der Waals surface area contributed by atoms with E-state index in [1.807, 2.05) is 66.1 Å². The molecule has 4 rings (SSSR count). The zero-order valence-corrected chi connectivity index (χ0v) is 20.9. The molecule has 0 aliphatic rings. The van der Waals surface area contributed by atoms with Crippen molar-refractivity contribution in [2.75, 3.05) is 12.9 Å². The Labute approximate surface area is 209 Å². The predicted octanol–water partition coefficient (Wildman–Crippen LogP) is 4.65. The van der Waals surface area contributed by atoms with Crippen molar-refractivity contribution in [2.24, 2.45) is 5.10 Å². The number of benzene rings is 2. The number of ether oxygens (including phenoxy) is 1. The van der Waals surface area contributed by atoms with Crippen molar-refractivity contribution < 1.29 is 9.53 Å². The largest absolute Gasteiger partial charge is 0.496 e. The first-order chi connectivity index (χ1) is 16.5. The van der Waals surface area contributed by atoms with E-state index in [2.05, 4.69) is 41.6 Å². The lowest BCUT2D eigenvalue weighted by molar-refractivity contribution is -0.118. The summed E-state index contributed by atoms with van der Waals surface area (Å²) in [6.07, 6.45) is 4.96. The lowest BCUT2D eigenvalue weighted by Gasteiger charge is -2.10. The van der Waals surface area contributed by atoms with Gasteiger partial charge in [-0.2, -0.15) is 5.10 Å². The number of carbonyl (C=O) groups is 1. The van der Waals surface area contributed by atoms with Gasteiger partial charge in [-0.05, 0) is 49.4 Å². The van der Waals surface area contributed by atoms with Gasteiger partial charge in [0.2, 0.25) is 0 Å². The Hall–Kier alpha value is -3.50. The van der Waals surface area contributed by atoms with E-state index in [1.165, 1.54) is 11.8 Å². The smallest absolute Gasteiger partial charge is 0.250 e. The number of hydrogen-bond acceptors (Lipinski definition) is 7. The second kappa shape index (κ2) is 11.1. The summed E-state index contributed by atoms with van der Waals surface area (Å²) in [7, 11) is 1.58. The normalized spacial score (nSPS) is 11.0. The molecule has 0 aliphatic heterocycles. The van der Waals surface area contributed by atoms with Crippen LogP contribution in [0.3, 0.4) is 0 Å². The Morgan fingerprint density at radius 3 is 2.65 bits per heavy atom. The summed E-state index contributed by atoms with van der Waals surface area (Å²) in [5, 5.41) is 13.4. The molecule has 172 valence electrons. The number of carbonyl (C=O) groups excluding carboxylic acids is 1. The second-order valence-electron chi connectivity index (χ2n) is 7.18. The summed E-state index contributed by atoms with van der Waals surface area (Å²) >= 11 is 4.70. The molecule has 2 aromatic carbocycles. The number of aryl methyl sites for hydroxylation is 1. The first kappa shape index (κ1) is 23.7. The van der Waals surface area contributed by atoms with Crippen LogP contribution >= 0.6 is 27.7 Å². The average Bonchev–Trinajstić information content (AvgIpc) is 3.28. The molecule has 2 aromatic heterocycles. The predicted molar refractivity (Wildman–Crippen MR) is 136 cm³/mol. The molecule has 34 heavy (non-hydrogen) atoms. The first-order valence-corrected chi connectivity index (χ1v) is 12.0. The van der Waals surface area contributed by atoms with Crippen LogP contribution in [0.15, 0.2) is 81.7 Å². The van der Waals surface area contributed by atoms with Gasteiger partial charge in [0.25, 0.3) is 5.91 Å². The van der Waals surface area contributed by atoms with Crippen LogP contribution in [0.4, 0.5) is 0 Å². The number of rotatable bonds is 8. The highest BCUT2D eigenvalue weighted by molar-refractivity contribution is 9.10. The number of nitrogens with zero attached hydrogens (tertiary/aromatic N) is 5. The molecule has 0 aliphatic carbocycles. The third-order valence-corrected chi connectivity index (χ3v) is 6.20. The van der Waals surface area contributed by atoms with Crippen LogP contribution in [0.5, 0.6) is 5.75 Å². The van der Waals surface area contributed by atoms with E-state index in [9.17, 15) is 4.79 Å². The van der Waals surface area contributed by atoms with Gasteiger partial charge in [0.15, 0.2) is 11.0 Å². The fraction of sp³-hybridized carbons (Fsp3) is 0.125. The van der Waals surface area contributed by atoms with E-state index in [-0.39, 0.29) is 11.7 Å². The molecule has 0 saturated heterocycles. The zero-order chi connectivity index (χ0) is 23.9. The molecule has 0 saturated carbocycles. The maximum absolute atomic E-state index is 12.4. The van der Waals surface area contributed by atoms with E-state index < -0.39 is 0 Å². The summed E-state index contributed by atoms with van der Waals surface area (Å²) in [4.78, 5) is 16.5. The highest BCUT2D eigenvalue weighted by Crippen LogP contribution is 2.28. The van der Waals surface area contributed by atoms with Crippen LogP contribution in [-0.2, 0) is 4.79 Å². The lowest BCUT2D eigenvalue weighted by Crippen LogP contribution is -2.20. The fourth-order valence-electron chi connectivity index (χ4n) is 3.12. The lowest BCUT2D eigenvalue weighted by atomic mass is 10.2. The number of hydrogen-bond donors (Lipinski definition) is 1. The summed E-state index contributed by atoms with van der Waals surface area (Å²) in [6.45, 7) is 2.03. The molecule has 2 heterocycles. The van der Waals surface area contributed by atoms with E-state index >= 15 is 0 Å². The zero-order valence-electron chi connectivity index (χ0n) is 18.5. The number of halogens is 1. The number of methoxy groups -OCH3 is 1. The second-order valence-corrected chi connectivity index (χ2v) is 9.04. The quantitative estimate of drug-likeness (QED) is 0.200. The molecule has 0 radical (unpaired) electrons. The van der Waals surface area contributed by atoms with Gasteiger partial charge in [-0.25, -0.2) is 5.43 Å². The van der Waals surface area contributed by atoms with E-state index in [1.54, 1.807) is 25.7 Å². The third kappa shape index (κ3) is 5.70. The van der Waals surface area contributed by atoms with Crippen LogP contribution in [0, 0.1) is 6.92 Å². The Morgan fingerprint density at radius 2 is 1.91 bits per heavy atom. The van der Waals surface area contributed by atoms with E-state index in [0.717, 1.165) is 26.9 Å². The molecule has 0 fully saturated rings. The number of pyridine rings is 1. The van der Waals surface area contributed by atoms with Gasteiger partial charge in [-0.1, -0.05) is 45.4 Å². The minimum absolute atomic E-state index is 0.118. The van der Waals surface area contributed by atoms with Crippen LogP contribution in [0.25, 0.3) is 17.1 Å². The minimum atomic E-state index is -0.265. The maximum Gasteiger partial charge on any atom is 0.250 e. The van der Waals surface area contributed by atoms with Crippen molar-refractivity contribution in [3.8, 4) is 22.8 Å². The molecule has 10 heteroatoms. The highest BCUT2D eigenvalue weighted by Gasteiger charge is 2.17. The molecule has 0 spiro atoms. The summed E-state index contributed by atoms with van der Waals surface area (Å²) in [5.74, 6) is 1.19. The number of thioether (sulfide) groups is 1. The Morgan fingerprint density at radius 1 is 1.15 bits per heavy atom. The first-order valence-electron chi connectivity index (χ1n) is 10.3. The van der Waals surface area contributed by atoms with Crippen LogP contribution < -0.4 is 10.2 Å². The van der Waals surface area contributed by atoms with Crippen molar-refractivity contribution >= 4 is 39.8 Å². The molecule has 8 nitrogen and oxygen atoms in total. The number of amides is 1. The summed E-state index contributed by atoms with van der Waals surface area (Å²) in [6, 6.07) is 17.4. The van der Waals surface area contributed by atoms with E-state index in [0.29, 0.717) is 16.7 Å². The van der Waals surface area contributed by atoms with E-state index in [4.69, 9.17) is 4.74 Å². The molecule has 0 bridgehead atoms. The van der Waals surface area contributed by atoms with Gasteiger partial charge in [-0.15, -0.1) is 10.2 Å². The minimum Gasteiger partial charge on any atom is -0.496 e. The highest BCUT2D eigenvalue weighted by atomic mass is 79.9. The monoisotopic (exact) mass is 536 g/mol. The maximum atomic E-state index is 12.4. The van der Waals surface area contributed by atoms with Crippen LogP contribution in [0.2, 0.25) is 0 Å². The molecule has 1 N–H and O–H groups in total. The van der Waals surface area contributed by atoms with Crippen LogP contribution in [0.1, 0.15) is 11.1 Å². The van der Waals surface area contributed by atoms with Crippen LogP contribution in [-0.4, -0.2) is 44.7 Å². The van der Waals surface area contributed by atoms with Crippen molar-refractivity contribution in [1.82, 2.24) is 25.2 Å². The van der Waals surface area contributed by atoms with Gasteiger partial charge in [-0.3, -0.25) is 14.3 Å². The van der Waals surface area contributed by atoms with Gasteiger partial charge in [0.1, 0.15) is 5.75 Å². The molecular weight excluding hydrogens is 516 g/mol. The Kier molecular flexibility index (Phi) is 7.71. The van der Waals surface area contributed by atoms with Gasteiger partial charge >= 0.3 is 0 Å². The van der Waals surface area contributed by atoms with Crippen molar-refractivity contribution in [3.05, 3.63) is 82.6 Å². The summed E-state index contributed by atoms with van der Waals surface area (Å²) in [5.41, 5.74) is 6.23. The van der Waals surface area contributed by atoms with Gasteiger partial charge in [0, 0.05) is 33.7 Å². The standard InChI is InChI=1S/C24H21BrN6O2S/c1-16-3-6-20(7-4-16)31-23(17-9-11-26-12-10-17)29-30-24(31)34-15-22(32)28-27-14-18-13-19(25)5-8-21(18)33-2/h3-14H,15H2,1-2H3,(H,28,32)/b27-14+. The summed E-state index contributed by atoms with van der Waals surface area (Å²) < 4.78 is 8.13. The topological polar surface area (TPSA) is 94.3 Å². The third-order valence-electron chi connectivity index (χ3n) is 4.78. The Balaban J connectivity index is 1.50. The molecule has 0 atom stereocenters. The van der Waals surface area contributed by atoms with Crippen molar-refractivity contribution in [3.63, 3.8) is 0 Å². The van der Waals surface area contributed by atoms with Crippen molar-refractivity contribution in [1.29, 1.82) is 0 Å². The van der Waals surface area contributed by atoms with Gasteiger partial charge < -0.3 is 4.74 Å². The Bertz CT molecular complexity index is 1310. The average molecular weight is 537 g/mol.